The highest BCUT2D eigenvalue weighted by Gasteiger charge is 2.24. The summed E-state index contributed by atoms with van der Waals surface area (Å²) in [6, 6.07) is 4.98. The van der Waals surface area contributed by atoms with Crippen molar-refractivity contribution in [2.75, 3.05) is 27.8 Å². The average molecular weight is 366 g/mol. The van der Waals surface area contributed by atoms with Gasteiger partial charge in [-0.1, -0.05) is 6.07 Å². The summed E-state index contributed by atoms with van der Waals surface area (Å²) in [5, 5.41) is 5.12. The maximum atomic E-state index is 12.2. The summed E-state index contributed by atoms with van der Waals surface area (Å²) in [6.45, 7) is 8.14. The zero-order valence-electron chi connectivity index (χ0n) is 16.9. The molecular weight excluding hydrogens is 334 g/mol. The second-order valence-corrected chi connectivity index (χ2v) is 7.45. The van der Waals surface area contributed by atoms with Gasteiger partial charge in [-0.2, -0.15) is 0 Å². The first-order valence-corrected chi connectivity index (χ1v) is 8.73. The molecule has 3 N–H and O–H groups in total. The van der Waals surface area contributed by atoms with Crippen molar-refractivity contribution >= 4 is 11.9 Å². The number of amides is 3. The van der Waals surface area contributed by atoms with Crippen LogP contribution in [0, 0.1) is 0 Å². The molecule has 0 spiro atoms. The maximum Gasteiger partial charge on any atom is 0.322 e. The second kappa shape index (κ2) is 9.43. The summed E-state index contributed by atoms with van der Waals surface area (Å²) >= 11 is 0. The number of hydrogen-bond acceptors (Lipinski definition) is 4. The third kappa shape index (κ3) is 6.92. The summed E-state index contributed by atoms with van der Waals surface area (Å²) in [6.07, 6.45) is 0.776. The largest absolute Gasteiger partial charge is 0.493 e. The zero-order valence-corrected chi connectivity index (χ0v) is 16.9. The first-order valence-electron chi connectivity index (χ1n) is 8.73. The molecule has 1 aromatic rings. The fourth-order valence-corrected chi connectivity index (χ4v) is 2.41. The molecule has 7 nitrogen and oxygen atoms in total. The number of ether oxygens (including phenoxy) is 2. The van der Waals surface area contributed by atoms with Crippen molar-refractivity contribution in [3.63, 3.8) is 0 Å². The predicted octanol–water partition coefficient (Wildman–Crippen LogP) is 0.774. The van der Waals surface area contributed by atoms with Crippen LogP contribution in [-0.4, -0.2) is 51.3 Å². The van der Waals surface area contributed by atoms with E-state index >= 15 is 0 Å². The van der Waals surface area contributed by atoms with E-state index in [1.165, 1.54) is 0 Å². The van der Waals surface area contributed by atoms with E-state index in [0.717, 1.165) is 23.4 Å². The van der Waals surface area contributed by atoms with Crippen LogP contribution in [0.5, 0.6) is 11.5 Å². The predicted molar refractivity (Wildman–Crippen MR) is 101 cm³/mol. The van der Waals surface area contributed by atoms with E-state index in [4.69, 9.17) is 9.47 Å². The fourth-order valence-electron chi connectivity index (χ4n) is 2.41. The van der Waals surface area contributed by atoms with Crippen LogP contribution in [0.4, 0.5) is 4.79 Å². The van der Waals surface area contributed by atoms with Crippen LogP contribution >= 0.6 is 0 Å². The Morgan fingerprint density at radius 3 is 2.31 bits per heavy atom. The molecule has 1 unspecified atom stereocenters. The number of urea groups is 1. The van der Waals surface area contributed by atoms with Crippen LogP contribution in [0.2, 0.25) is 0 Å². The molecule has 0 saturated carbocycles. The molecule has 2 atom stereocenters. The van der Waals surface area contributed by atoms with Gasteiger partial charge in [-0.3, -0.25) is 10.1 Å². The molecule has 0 aliphatic carbocycles. The van der Waals surface area contributed by atoms with Gasteiger partial charge >= 0.3 is 6.03 Å². The van der Waals surface area contributed by atoms with Crippen molar-refractivity contribution in [3.05, 3.63) is 23.8 Å². The van der Waals surface area contributed by atoms with Crippen LogP contribution in [0.1, 0.15) is 33.3 Å². The molecule has 0 aliphatic heterocycles. The van der Waals surface area contributed by atoms with Gasteiger partial charge in [0, 0.05) is 12.0 Å². The fraction of sp³-hybridized carbons (Fsp3) is 0.579. The summed E-state index contributed by atoms with van der Waals surface area (Å²) in [4.78, 5) is 25.1. The summed E-state index contributed by atoms with van der Waals surface area (Å²) in [7, 11) is 5.15. The van der Waals surface area contributed by atoms with Crippen molar-refractivity contribution in [2.24, 2.45) is 0 Å². The zero-order chi connectivity index (χ0) is 19.9. The molecule has 146 valence electrons. The molecule has 7 heteroatoms. The molecule has 0 fully saturated rings. The normalized spacial score (nSPS) is 13.5. The van der Waals surface area contributed by atoms with Gasteiger partial charge in [-0.05, 0) is 45.4 Å². The Bertz CT molecular complexity index is 626. The lowest BCUT2D eigenvalue weighted by atomic mass is 10.1. The summed E-state index contributed by atoms with van der Waals surface area (Å²) in [5.41, 5.74) is 0.708. The smallest absolute Gasteiger partial charge is 0.322 e. The van der Waals surface area contributed by atoms with E-state index in [9.17, 15) is 9.59 Å². The van der Waals surface area contributed by atoms with Gasteiger partial charge in [0.05, 0.1) is 27.8 Å². The standard InChI is InChI=1S/C19H31N3O4/c1-13(17(23)20-18(24)21-19(2,3)4)22(5)11-10-14-8-9-15(25-6)16(12-14)26-7/h8-9,12-13H,10-11H2,1-7H3,(H2,20,21,23,24)/p+1/t13-/m0/s1. The number of carbonyl (C=O) groups is 2. The van der Waals surface area contributed by atoms with Gasteiger partial charge in [0.25, 0.3) is 5.91 Å². The number of rotatable bonds is 7. The molecule has 3 amide bonds. The minimum atomic E-state index is -0.470. The quantitative estimate of drug-likeness (QED) is 0.666. The minimum Gasteiger partial charge on any atom is -0.493 e. The maximum absolute atomic E-state index is 12.2. The lowest BCUT2D eigenvalue weighted by Crippen LogP contribution is -3.14. The van der Waals surface area contributed by atoms with Crippen molar-refractivity contribution < 1.29 is 24.0 Å². The number of hydrogen-bond donors (Lipinski definition) is 3. The Hall–Kier alpha value is -2.28. The Morgan fingerprint density at radius 2 is 1.77 bits per heavy atom. The number of benzene rings is 1. The molecule has 26 heavy (non-hydrogen) atoms. The molecule has 0 aromatic heterocycles. The number of quaternary nitrogens is 1. The Labute approximate surface area is 156 Å². The van der Waals surface area contributed by atoms with Crippen LogP contribution in [0.25, 0.3) is 0 Å². The van der Waals surface area contributed by atoms with Crippen molar-refractivity contribution in [2.45, 2.75) is 45.7 Å². The Balaban J connectivity index is 2.57. The van der Waals surface area contributed by atoms with Crippen LogP contribution in [0.3, 0.4) is 0 Å². The first-order chi connectivity index (χ1) is 12.1. The van der Waals surface area contributed by atoms with Crippen LogP contribution in [-0.2, 0) is 11.2 Å². The summed E-state index contributed by atoms with van der Waals surface area (Å²) < 4.78 is 10.5. The van der Waals surface area contributed by atoms with Crippen LogP contribution < -0.4 is 25.0 Å². The van der Waals surface area contributed by atoms with Crippen LogP contribution in [0.15, 0.2) is 18.2 Å². The van der Waals surface area contributed by atoms with Crippen molar-refractivity contribution in [1.82, 2.24) is 10.6 Å². The molecule has 1 aromatic carbocycles. The Kier molecular flexibility index (Phi) is 7.89. The third-order valence-corrected chi connectivity index (χ3v) is 4.11. The van der Waals surface area contributed by atoms with E-state index in [0.29, 0.717) is 11.5 Å². The molecule has 0 radical (unpaired) electrons. The Morgan fingerprint density at radius 1 is 1.15 bits per heavy atom. The van der Waals surface area contributed by atoms with Crippen molar-refractivity contribution in [3.8, 4) is 11.5 Å². The highest BCUT2D eigenvalue weighted by atomic mass is 16.5. The second-order valence-electron chi connectivity index (χ2n) is 7.45. The van der Waals surface area contributed by atoms with Gasteiger partial charge in [-0.25, -0.2) is 4.79 Å². The van der Waals surface area contributed by atoms with Gasteiger partial charge in [0.15, 0.2) is 17.5 Å². The molecular formula is C19H32N3O4+. The van der Waals surface area contributed by atoms with Crippen molar-refractivity contribution in [1.29, 1.82) is 0 Å². The molecule has 0 saturated heterocycles. The number of likely N-dealkylation sites (N-methyl/N-ethyl adjacent to an activating group) is 1. The first kappa shape index (κ1) is 21.8. The third-order valence-electron chi connectivity index (χ3n) is 4.11. The van der Waals surface area contributed by atoms with E-state index in [2.05, 4.69) is 10.6 Å². The van der Waals surface area contributed by atoms with Gasteiger partial charge in [0.1, 0.15) is 0 Å². The SMILES string of the molecule is COc1ccc(CC[NH+](C)[C@@H](C)C(=O)NC(=O)NC(C)(C)C)cc1OC. The van der Waals surface area contributed by atoms with E-state index < -0.39 is 6.03 Å². The van der Waals surface area contributed by atoms with Gasteiger partial charge in [0.2, 0.25) is 0 Å². The molecule has 1 rings (SSSR count). The number of nitrogens with one attached hydrogen (secondary N) is 3. The number of methoxy groups -OCH3 is 2. The highest BCUT2D eigenvalue weighted by molar-refractivity contribution is 5.96. The molecule has 0 heterocycles. The monoisotopic (exact) mass is 366 g/mol. The lowest BCUT2D eigenvalue weighted by Gasteiger charge is -2.23. The van der Waals surface area contributed by atoms with Gasteiger partial charge in [-0.15, -0.1) is 0 Å². The molecule has 0 aliphatic rings. The minimum absolute atomic E-state index is 0.295. The topological polar surface area (TPSA) is 81.1 Å². The van der Waals surface area contributed by atoms with E-state index in [1.807, 2.05) is 52.9 Å². The summed E-state index contributed by atoms with van der Waals surface area (Å²) in [5.74, 6) is 1.08. The van der Waals surface area contributed by atoms with Gasteiger partial charge < -0.3 is 19.7 Å². The van der Waals surface area contributed by atoms with E-state index in [1.54, 1.807) is 14.2 Å². The molecule has 0 bridgehead atoms. The average Bonchev–Trinajstić information content (AvgIpc) is 2.56. The highest BCUT2D eigenvalue weighted by Crippen LogP contribution is 2.27. The number of imide groups is 1. The lowest BCUT2D eigenvalue weighted by molar-refractivity contribution is -0.894. The number of carbonyl (C=O) groups excluding carboxylic acids is 2. The van der Waals surface area contributed by atoms with E-state index in [-0.39, 0.29) is 17.5 Å².